The van der Waals surface area contributed by atoms with Crippen LogP contribution in [0.25, 0.3) is 11.4 Å². The van der Waals surface area contributed by atoms with Crippen LogP contribution < -0.4 is 5.32 Å². The van der Waals surface area contributed by atoms with E-state index in [2.05, 4.69) is 20.4 Å². The van der Waals surface area contributed by atoms with Crippen molar-refractivity contribution < 1.29 is 32.3 Å². The van der Waals surface area contributed by atoms with Crippen LogP contribution in [0.15, 0.2) is 10.7 Å². The standard InChI is InChI=1S/C15H20N4O2.C2HF3O2/c1-3-20-7-5-13-18-15(19-21-13)14-10(2)17-9-11-8-16-6-4-12(11)14;3-2(4,5)1(6)7/h9,16H,3-8H2,1-2H3;(H,6,7). The summed E-state index contributed by atoms with van der Waals surface area (Å²) in [4.78, 5) is 17.9. The van der Waals surface area contributed by atoms with Gasteiger partial charge in [-0.1, -0.05) is 5.16 Å². The summed E-state index contributed by atoms with van der Waals surface area (Å²) in [5, 5.41) is 14.6. The zero-order valence-electron chi connectivity index (χ0n) is 15.5. The Labute approximate surface area is 159 Å². The van der Waals surface area contributed by atoms with Crippen molar-refractivity contribution in [3.05, 3.63) is 28.9 Å². The van der Waals surface area contributed by atoms with Crippen molar-refractivity contribution >= 4 is 5.97 Å². The average Bonchev–Trinajstić information content (AvgIpc) is 3.10. The number of carboxylic acids is 1. The molecule has 0 unspecified atom stereocenters. The van der Waals surface area contributed by atoms with Gasteiger partial charge < -0.3 is 19.7 Å². The number of carbonyl (C=O) groups is 1. The minimum Gasteiger partial charge on any atom is -0.475 e. The highest BCUT2D eigenvalue weighted by Gasteiger charge is 2.38. The van der Waals surface area contributed by atoms with Crippen LogP contribution in [0.2, 0.25) is 0 Å². The van der Waals surface area contributed by atoms with E-state index in [1.54, 1.807) is 0 Å². The summed E-state index contributed by atoms with van der Waals surface area (Å²) in [5.41, 5.74) is 4.49. The van der Waals surface area contributed by atoms with Crippen LogP contribution in [-0.4, -0.2) is 52.1 Å². The first-order valence-corrected chi connectivity index (χ1v) is 8.62. The highest BCUT2D eigenvalue weighted by molar-refractivity contribution is 5.73. The Morgan fingerprint density at radius 3 is 2.79 bits per heavy atom. The summed E-state index contributed by atoms with van der Waals surface area (Å²) in [7, 11) is 0. The molecule has 2 aromatic rings. The van der Waals surface area contributed by atoms with Gasteiger partial charge in [0, 0.05) is 30.6 Å². The molecule has 1 aliphatic rings. The van der Waals surface area contributed by atoms with Crippen LogP contribution in [0, 0.1) is 6.92 Å². The van der Waals surface area contributed by atoms with E-state index in [0.29, 0.717) is 31.3 Å². The largest absolute Gasteiger partial charge is 0.490 e. The first kappa shape index (κ1) is 21.8. The Morgan fingerprint density at radius 1 is 1.43 bits per heavy atom. The smallest absolute Gasteiger partial charge is 0.475 e. The molecule has 0 atom stereocenters. The van der Waals surface area contributed by atoms with E-state index in [0.717, 1.165) is 30.8 Å². The predicted octanol–water partition coefficient (Wildman–Crippen LogP) is 2.30. The molecule has 2 N–H and O–H groups in total. The molecule has 0 radical (unpaired) electrons. The summed E-state index contributed by atoms with van der Waals surface area (Å²) >= 11 is 0. The van der Waals surface area contributed by atoms with Gasteiger partial charge in [-0.2, -0.15) is 18.2 Å². The fraction of sp³-hybridized carbons (Fsp3) is 0.529. The number of aliphatic carboxylic acids is 1. The molecule has 2 aromatic heterocycles. The maximum Gasteiger partial charge on any atom is 0.490 e. The van der Waals surface area contributed by atoms with Crippen molar-refractivity contribution in [2.75, 3.05) is 19.8 Å². The molecule has 0 aliphatic carbocycles. The molecule has 0 saturated carbocycles. The van der Waals surface area contributed by atoms with Crippen LogP contribution in [0.3, 0.4) is 0 Å². The second-order valence-corrected chi connectivity index (χ2v) is 5.91. The zero-order valence-corrected chi connectivity index (χ0v) is 15.5. The number of alkyl halides is 3. The Hall–Kier alpha value is -2.53. The fourth-order valence-corrected chi connectivity index (χ4v) is 2.63. The van der Waals surface area contributed by atoms with Crippen molar-refractivity contribution in [1.29, 1.82) is 0 Å². The summed E-state index contributed by atoms with van der Waals surface area (Å²) < 4.78 is 42.4. The fourth-order valence-electron chi connectivity index (χ4n) is 2.63. The van der Waals surface area contributed by atoms with E-state index in [4.69, 9.17) is 19.2 Å². The van der Waals surface area contributed by atoms with Crippen molar-refractivity contribution in [1.82, 2.24) is 20.4 Å². The van der Waals surface area contributed by atoms with E-state index >= 15 is 0 Å². The number of nitrogens with one attached hydrogen (secondary N) is 1. The molecule has 28 heavy (non-hydrogen) atoms. The number of aromatic nitrogens is 3. The quantitative estimate of drug-likeness (QED) is 0.733. The normalized spacial score (nSPS) is 13.5. The highest BCUT2D eigenvalue weighted by atomic mass is 19.4. The highest BCUT2D eigenvalue weighted by Crippen LogP contribution is 2.28. The number of ether oxygens (including phenoxy) is 1. The summed E-state index contributed by atoms with van der Waals surface area (Å²) in [6.45, 7) is 7.09. The Bertz CT molecular complexity index is 808. The molecule has 0 saturated heterocycles. The third-order valence-corrected chi connectivity index (χ3v) is 3.93. The molecular weight excluding hydrogens is 381 g/mol. The molecule has 0 bridgehead atoms. The lowest BCUT2D eigenvalue weighted by molar-refractivity contribution is -0.192. The van der Waals surface area contributed by atoms with E-state index in [1.165, 1.54) is 11.1 Å². The monoisotopic (exact) mass is 402 g/mol. The van der Waals surface area contributed by atoms with E-state index < -0.39 is 12.1 Å². The van der Waals surface area contributed by atoms with Gasteiger partial charge in [0.2, 0.25) is 11.7 Å². The Balaban J connectivity index is 0.000000345. The summed E-state index contributed by atoms with van der Waals surface area (Å²) in [6.07, 6.45) is -1.53. The van der Waals surface area contributed by atoms with Crippen LogP contribution in [0.4, 0.5) is 13.2 Å². The molecule has 0 fully saturated rings. The number of rotatable bonds is 5. The number of fused-ring (bicyclic) bond motifs is 1. The zero-order chi connectivity index (χ0) is 20.7. The topological polar surface area (TPSA) is 110 Å². The maximum atomic E-state index is 10.6. The van der Waals surface area contributed by atoms with Gasteiger partial charge in [0.25, 0.3) is 0 Å². The minimum absolute atomic E-state index is 0.603. The van der Waals surface area contributed by atoms with Gasteiger partial charge >= 0.3 is 12.1 Å². The summed E-state index contributed by atoms with van der Waals surface area (Å²) in [6, 6.07) is 0. The Morgan fingerprint density at radius 2 is 2.14 bits per heavy atom. The molecule has 0 amide bonds. The molecule has 3 heterocycles. The van der Waals surface area contributed by atoms with Crippen LogP contribution in [0.5, 0.6) is 0 Å². The van der Waals surface area contributed by atoms with Crippen molar-refractivity contribution in [2.24, 2.45) is 0 Å². The number of hydrogen-bond donors (Lipinski definition) is 2. The SMILES string of the molecule is CCOCCc1nc(-c2c(C)ncc3c2CCNC3)no1.O=C(O)C(F)(F)F. The van der Waals surface area contributed by atoms with Crippen molar-refractivity contribution in [2.45, 2.75) is 39.4 Å². The molecule has 3 rings (SSSR count). The van der Waals surface area contributed by atoms with Crippen LogP contribution in [-0.2, 0) is 28.9 Å². The van der Waals surface area contributed by atoms with Crippen LogP contribution in [0.1, 0.15) is 29.6 Å². The number of aryl methyl sites for hydroxylation is 1. The molecule has 1 aliphatic heterocycles. The second kappa shape index (κ2) is 9.60. The number of hydrogen-bond acceptors (Lipinski definition) is 7. The van der Waals surface area contributed by atoms with Crippen LogP contribution >= 0.6 is 0 Å². The third kappa shape index (κ3) is 5.73. The molecule has 11 heteroatoms. The van der Waals surface area contributed by atoms with Crippen molar-refractivity contribution in [3.8, 4) is 11.4 Å². The van der Waals surface area contributed by atoms with E-state index in [-0.39, 0.29) is 0 Å². The molecule has 8 nitrogen and oxygen atoms in total. The van der Waals surface area contributed by atoms with E-state index in [9.17, 15) is 13.2 Å². The molecule has 0 spiro atoms. The number of carboxylic acid groups (broad SMARTS) is 1. The lowest BCUT2D eigenvalue weighted by atomic mass is 9.95. The van der Waals surface area contributed by atoms with E-state index in [1.807, 2.05) is 20.0 Å². The minimum atomic E-state index is -5.08. The average molecular weight is 402 g/mol. The predicted molar refractivity (Wildman–Crippen MR) is 91.6 cm³/mol. The van der Waals surface area contributed by atoms with Crippen molar-refractivity contribution in [3.63, 3.8) is 0 Å². The lowest BCUT2D eigenvalue weighted by Crippen LogP contribution is -2.24. The maximum absolute atomic E-state index is 10.6. The Kier molecular flexibility index (Phi) is 7.46. The third-order valence-electron chi connectivity index (χ3n) is 3.93. The van der Waals surface area contributed by atoms with Gasteiger partial charge in [0.1, 0.15) is 0 Å². The molecule has 0 aromatic carbocycles. The van der Waals surface area contributed by atoms with Gasteiger partial charge in [0.05, 0.1) is 13.0 Å². The molecule has 154 valence electrons. The summed E-state index contributed by atoms with van der Waals surface area (Å²) in [5.74, 6) is -1.50. The molecular formula is C17H21F3N4O4. The first-order valence-electron chi connectivity index (χ1n) is 8.62. The second-order valence-electron chi connectivity index (χ2n) is 5.91. The van der Waals surface area contributed by atoms with Gasteiger partial charge in [-0.3, -0.25) is 4.98 Å². The first-order chi connectivity index (χ1) is 13.2. The number of halogens is 3. The van der Waals surface area contributed by atoms with Gasteiger partial charge in [0.15, 0.2) is 0 Å². The number of nitrogens with zero attached hydrogens (tertiary/aromatic N) is 3. The van der Waals surface area contributed by atoms with Gasteiger partial charge in [-0.25, -0.2) is 4.79 Å². The lowest BCUT2D eigenvalue weighted by Gasteiger charge is -2.19. The van der Waals surface area contributed by atoms with Gasteiger partial charge in [-0.15, -0.1) is 0 Å². The van der Waals surface area contributed by atoms with Gasteiger partial charge in [-0.05, 0) is 37.9 Å². The number of pyridine rings is 1.